The molecule has 0 radical (unpaired) electrons. The number of carbonyl (C=O) groups is 1. The Morgan fingerprint density at radius 1 is 1.09 bits per heavy atom. The lowest BCUT2D eigenvalue weighted by atomic mass is 10.1. The van der Waals surface area contributed by atoms with Crippen molar-refractivity contribution < 1.29 is 14.3 Å². The third kappa shape index (κ3) is 3.22. The van der Waals surface area contributed by atoms with Gasteiger partial charge in [-0.2, -0.15) is 0 Å². The van der Waals surface area contributed by atoms with Gasteiger partial charge < -0.3 is 14.8 Å². The molecular formula is C18H21NO3. The minimum absolute atomic E-state index is 0.183. The van der Waals surface area contributed by atoms with Crippen LogP contribution >= 0.6 is 0 Å². The first kappa shape index (κ1) is 15.9. The lowest BCUT2D eigenvalue weighted by molar-refractivity contribution is 0.102. The molecule has 1 N–H and O–H groups in total. The summed E-state index contributed by atoms with van der Waals surface area (Å²) in [6.45, 7) is 3.95. The Hall–Kier alpha value is -2.49. The van der Waals surface area contributed by atoms with Crippen molar-refractivity contribution >= 4 is 11.6 Å². The second-order valence-electron chi connectivity index (χ2n) is 4.97. The van der Waals surface area contributed by atoms with Crippen LogP contribution in [0.4, 0.5) is 5.69 Å². The quantitative estimate of drug-likeness (QED) is 0.913. The molecule has 0 heterocycles. The molecule has 0 aromatic heterocycles. The van der Waals surface area contributed by atoms with Gasteiger partial charge in [-0.25, -0.2) is 0 Å². The van der Waals surface area contributed by atoms with Crippen molar-refractivity contribution in [2.45, 2.75) is 20.3 Å². The zero-order chi connectivity index (χ0) is 16.1. The monoisotopic (exact) mass is 299 g/mol. The van der Waals surface area contributed by atoms with Crippen LogP contribution in [0.5, 0.6) is 11.5 Å². The number of aryl methyl sites for hydroxylation is 1. The van der Waals surface area contributed by atoms with Crippen LogP contribution in [0.2, 0.25) is 0 Å². The molecule has 0 saturated carbocycles. The Labute approximate surface area is 131 Å². The molecule has 2 aromatic rings. The minimum Gasteiger partial charge on any atom is -0.496 e. The standard InChI is InChI=1S/C18H21NO3/c1-5-13-8-6-7-9-15(13)19-18(20)14-10-16(21-3)12(2)17(11-14)22-4/h6-11H,5H2,1-4H3,(H,19,20). The molecule has 2 rings (SSSR count). The van der Waals surface area contributed by atoms with Gasteiger partial charge in [0.25, 0.3) is 5.91 Å². The highest BCUT2D eigenvalue weighted by molar-refractivity contribution is 6.05. The van der Waals surface area contributed by atoms with Crippen LogP contribution in [0.3, 0.4) is 0 Å². The Balaban J connectivity index is 2.33. The van der Waals surface area contributed by atoms with Gasteiger partial charge in [0.2, 0.25) is 0 Å². The summed E-state index contributed by atoms with van der Waals surface area (Å²) in [5.41, 5.74) is 3.30. The fraction of sp³-hybridized carbons (Fsp3) is 0.278. The van der Waals surface area contributed by atoms with Crippen LogP contribution in [0.25, 0.3) is 0 Å². The third-order valence-electron chi connectivity index (χ3n) is 3.66. The molecular weight excluding hydrogens is 278 g/mol. The van der Waals surface area contributed by atoms with E-state index in [9.17, 15) is 4.79 Å². The topological polar surface area (TPSA) is 47.6 Å². The number of para-hydroxylation sites is 1. The summed E-state index contributed by atoms with van der Waals surface area (Å²) >= 11 is 0. The van der Waals surface area contributed by atoms with Crippen LogP contribution < -0.4 is 14.8 Å². The zero-order valence-corrected chi connectivity index (χ0v) is 13.4. The molecule has 0 aliphatic carbocycles. The van der Waals surface area contributed by atoms with Crippen LogP contribution in [-0.4, -0.2) is 20.1 Å². The first-order valence-corrected chi connectivity index (χ1v) is 7.22. The SMILES string of the molecule is CCc1ccccc1NC(=O)c1cc(OC)c(C)c(OC)c1. The number of carbonyl (C=O) groups excluding carboxylic acids is 1. The number of benzene rings is 2. The van der Waals surface area contributed by atoms with E-state index in [4.69, 9.17) is 9.47 Å². The Bertz CT molecular complexity index is 655. The normalized spacial score (nSPS) is 10.2. The number of ether oxygens (including phenoxy) is 2. The van der Waals surface area contributed by atoms with Crippen molar-refractivity contribution in [3.63, 3.8) is 0 Å². The summed E-state index contributed by atoms with van der Waals surface area (Å²) < 4.78 is 10.6. The van der Waals surface area contributed by atoms with E-state index in [0.717, 1.165) is 23.2 Å². The summed E-state index contributed by atoms with van der Waals surface area (Å²) in [5, 5.41) is 2.95. The lowest BCUT2D eigenvalue weighted by Crippen LogP contribution is -2.14. The van der Waals surface area contributed by atoms with E-state index in [1.165, 1.54) is 0 Å². The van der Waals surface area contributed by atoms with Crippen LogP contribution in [0.1, 0.15) is 28.4 Å². The maximum Gasteiger partial charge on any atom is 0.255 e. The number of hydrogen-bond acceptors (Lipinski definition) is 3. The van der Waals surface area contributed by atoms with Crippen molar-refractivity contribution in [1.29, 1.82) is 0 Å². The maximum absolute atomic E-state index is 12.5. The average molecular weight is 299 g/mol. The predicted molar refractivity (Wildman–Crippen MR) is 88.1 cm³/mol. The smallest absolute Gasteiger partial charge is 0.255 e. The molecule has 0 unspecified atom stereocenters. The van der Waals surface area contributed by atoms with Crippen LogP contribution in [-0.2, 0) is 6.42 Å². The van der Waals surface area contributed by atoms with Crippen molar-refractivity contribution in [1.82, 2.24) is 0 Å². The maximum atomic E-state index is 12.5. The number of hydrogen-bond donors (Lipinski definition) is 1. The van der Waals surface area contributed by atoms with Gasteiger partial charge >= 0.3 is 0 Å². The molecule has 1 amide bonds. The molecule has 2 aromatic carbocycles. The molecule has 22 heavy (non-hydrogen) atoms. The Morgan fingerprint density at radius 2 is 1.68 bits per heavy atom. The van der Waals surface area contributed by atoms with Gasteiger partial charge in [-0.3, -0.25) is 4.79 Å². The van der Waals surface area contributed by atoms with Gasteiger partial charge in [0.1, 0.15) is 11.5 Å². The van der Waals surface area contributed by atoms with E-state index in [1.807, 2.05) is 31.2 Å². The largest absolute Gasteiger partial charge is 0.496 e. The average Bonchev–Trinajstić information content (AvgIpc) is 2.55. The van der Waals surface area contributed by atoms with Gasteiger partial charge in [-0.1, -0.05) is 25.1 Å². The summed E-state index contributed by atoms with van der Waals surface area (Å²) in [6, 6.07) is 11.2. The Morgan fingerprint density at radius 3 is 2.23 bits per heavy atom. The third-order valence-corrected chi connectivity index (χ3v) is 3.66. The van der Waals surface area contributed by atoms with Gasteiger partial charge in [-0.15, -0.1) is 0 Å². The highest BCUT2D eigenvalue weighted by Crippen LogP contribution is 2.30. The van der Waals surface area contributed by atoms with E-state index >= 15 is 0 Å². The molecule has 4 nitrogen and oxygen atoms in total. The van der Waals surface area contributed by atoms with Crippen molar-refractivity contribution in [3.05, 3.63) is 53.1 Å². The number of methoxy groups -OCH3 is 2. The predicted octanol–water partition coefficient (Wildman–Crippen LogP) is 3.83. The minimum atomic E-state index is -0.183. The molecule has 0 saturated heterocycles. The number of rotatable bonds is 5. The van der Waals surface area contributed by atoms with Gasteiger partial charge in [0, 0.05) is 16.8 Å². The van der Waals surface area contributed by atoms with E-state index in [0.29, 0.717) is 17.1 Å². The summed E-state index contributed by atoms with van der Waals surface area (Å²) in [6.07, 6.45) is 0.858. The summed E-state index contributed by atoms with van der Waals surface area (Å²) in [5.74, 6) is 1.08. The number of nitrogens with one attached hydrogen (secondary N) is 1. The van der Waals surface area contributed by atoms with Gasteiger partial charge in [-0.05, 0) is 37.1 Å². The van der Waals surface area contributed by atoms with E-state index in [-0.39, 0.29) is 5.91 Å². The number of anilines is 1. The molecule has 0 atom stereocenters. The van der Waals surface area contributed by atoms with E-state index in [2.05, 4.69) is 12.2 Å². The number of amides is 1. The van der Waals surface area contributed by atoms with Crippen LogP contribution in [0.15, 0.2) is 36.4 Å². The molecule has 116 valence electrons. The molecule has 0 bridgehead atoms. The van der Waals surface area contributed by atoms with Crippen molar-refractivity contribution in [2.75, 3.05) is 19.5 Å². The fourth-order valence-corrected chi connectivity index (χ4v) is 2.36. The summed E-state index contributed by atoms with van der Waals surface area (Å²) in [4.78, 5) is 12.5. The first-order valence-electron chi connectivity index (χ1n) is 7.22. The molecule has 0 aliphatic heterocycles. The first-order chi connectivity index (χ1) is 10.6. The van der Waals surface area contributed by atoms with Crippen molar-refractivity contribution in [3.8, 4) is 11.5 Å². The highest BCUT2D eigenvalue weighted by atomic mass is 16.5. The summed E-state index contributed by atoms with van der Waals surface area (Å²) in [7, 11) is 3.16. The van der Waals surface area contributed by atoms with Crippen molar-refractivity contribution in [2.24, 2.45) is 0 Å². The fourth-order valence-electron chi connectivity index (χ4n) is 2.36. The van der Waals surface area contributed by atoms with Gasteiger partial charge in [0.15, 0.2) is 0 Å². The zero-order valence-electron chi connectivity index (χ0n) is 13.4. The van der Waals surface area contributed by atoms with E-state index < -0.39 is 0 Å². The van der Waals surface area contributed by atoms with Gasteiger partial charge in [0.05, 0.1) is 14.2 Å². The lowest BCUT2D eigenvalue weighted by Gasteiger charge is -2.14. The molecule has 0 fully saturated rings. The highest BCUT2D eigenvalue weighted by Gasteiger charge is 2.14. The second-order valence-corrected chi connectivity index (χ2v) is 4.97. The second kappa shape index (κ2) is 6.98. The molecule has 0 aliphatic rings. The van der Waals surface area contributed by atoms with E-state index in [1.54, 1.807) is 26.4 Å². The molecule has 0 spiro atoms. The molecule has 4 heteroatoms. The Kier molecular flexibility index (Phi) is 5.04. The van der Waals surface area contributed by atoms with Crippen LogP contribution in [0, 0.1) is 6.92 Å².